The van der Waals surface area contributed by atoms with Crippen molar-refractivity contribution >= 4 is 39.0 Å². The number of pyridine rings is 1. The van der Waals surface area contributed by atoms with E-state index in [0.29, 0.717) is 31.2 Å². The van der Waals surface area contributed by atoms with Gasteiger partial charge in [0.05, 0.1) is 15.1 Å². The standard InChI is InChI=1S/C21H22N4O4S/c26-21(29-14-16-4-2-1-3-5-16)24-9-6-15(7-10-24)12-23-19-18(25(27)28)13-22-17-8-11-30-20(17)19/h1-5,8,11,13,15H,6-7,9-10,12,14H2,(H,22,23). The molecule has 0 spiro atoms. The van der Waals surface area contributed by atoms with Crippen LogP contribution in [0.4, 0.5) is 16.2 Å². The molecule has 1 N–H and O–H groups in total. The van der Waals surface area contributed by atoms with Crippen LogP contribution in [0.2, 0.25) is 0 Å². The number of likely N-dealkylation sites (tertiary alicyclic amines) is 1. The molecule has 0 saturated carbocycles. The Balaban J connectivity index is 1.30. The molecular weight excluding hydrogens is 404 g/mol. The van der Waals surface area contributed by atoms with E-state index < -0.39 is 4.92 Å². The SMILES string of the molecule is O=C(OCc1ccccc1)N1CCC(CNc2c([N+](=O)[O-])cnc3ccsc23)CC1. The highest BCUT2D eigenvalue weighted by atomic mass is 32.1. The topological polar surface area (TPSA) is 97.6 Å². The number of fused-ring (bicyclic) bond motifs is 1. The van der Waals surface area contributed by atoms with Crippen LogP contribution in [0.1, 0.15) is 18.4 Å². The summed E-state index contributed by atoms with van der Waals surface area (Å²) in [5, 5.41) is 16.6. The summed E-state index contributed by atoms with van der Waals surface area (Å²) >= 11 is 1.44. The van der Waals surface area contributed by atoms with Crippen LogP contribution in [0.15, 0.2) is 48.0 Å². The molecule has 1 saturated heterocycles. The Kier molecular flexibility index (Phi) is 6.08. The first kappa shape index (κ1) is 20.1. The Morgan fingerprint density at radius 2 is 2.03 bits per heavy atom. The van der Waals surface area contributed by atoms with E-state index in [4.69, 9.17) is 4.74 Å². The van der Waals surface area contributed by atoms with E-state index in [0.717, 1.165) is 28.6 Å². The van der Waals surface area contributed by atoms with Gasteiger partial charge >= 0.3 is 11.8 Å². The molecular formula is C21H22N4O4S. The maximum absolute atomic E-state index is 12.3. The molecule has 30 heavy (non-hydrogen) atoms. The smallest absolute Gasteiger partial charge is 0.410 e. The van der Waals surface area contributed by atoms with E-state index in [1.807, 2.05) is 41.8 Å². The van der Waals surface area contributed by atoms with Crippen LogP contribution in [0.3, 0.4) is 0 Å². The molecule has 3 aromatic rings. The fraction of sp³-hybridized carbons (Fsp3) is 0.333. The summed E-state index contributed by atoms with van der Waals surface area (Å²) in [7, 11) is 0. The summed E-state index contributed by atoms with van der Waals surface area (Å²) < 4.78 is 6.20. The number of thiophene rings is 1. The largest absolute Gasteiger partial charge is 0.445 e. The number of aromatic nitrogens is 1. The lowest BCUT2D eigenvalue weighted by Gasteiger charge is -2.31. The average Bonchev–Trinajstić information content (AvgIpc) is 3.26. The average molecular weight is 426 g/mol. The first-order valence-corrected chi connectivity index (χ1v) is 10.7. The predicted molar refractivity (Wildman–Crippen MR) is 116 cm³/mol. The van der Waals surface area contributed by atoms with Gasteiger partial charge in [-0.15, -0.1) is 11.3 Å². The van der Waals surface area contributed by atoms with Gasteiger partial charge in [-0.25, -0.2) is 9.78 Å². The van der Waals surface area contributed by atoms with E-state index in [-0.39, 0.29) is 18.4 Å². The number of hydrogen-bond donors (Lipinski definition) is 1. The normalized spacial score (nSPS) is 14.6. The van der Waals surface area contributed by atoms with Crippen LogP contribution < -0.4 is 5.32 Å². The Labute approximate surface area is 177 Å². The molecule has 0 unspecified atom stereocenters. The lowest BCUT2D eigenvalue weighted by molar-refractivity contribution is -0.384. The van der Waals surface area contributed by atoms with Crippen LogP contribution in [0, 0.1) is 16.0 Å². The molecule has 156 valence electrons. The zero-order valence-electron chi connectivity index (χ0n) is 16.3. The van der Waals surface area contributed by atoms with E-state index >= 15 is 0 Å². The zero-order chi connectivity index (χ0) is 20.9. The van der Waals surface area contributed by atoms with Gasteiger partial charge in [-0.3, -0.25) is 10.1 Å². The van der Waals surface area contributed by atoms with Gasteiger partial charge in [0.2, 0.25) is 0 Å². The second-order valence-corrected chi connectivity index (χ2v) is 8.18. The number of benzene rings is 1. The van der Waals surface area contributed by atoms with Gasteiger partial charge in [0.15, 0.2) is 0 Å². The van der Waals surface area contributed by atoms with Gasteiger partial charge in [-0.2, -0.15) is 0 Å². The van der Waals surface area contributed by atoms with E-state index in [9.17, 15) is 14.9 Å². The molecule has 0 atom stereocenters. The Bertz CT molecular complexity index is 1030. The number of amides is 1. The number of piperidine rings is 1. The minimum atomic E-state index is -0.403. The zero-order valence-corrected chi connectivity index (χ0v) is 17.1. The van der Waals surface area contributed by atoms with Crippen molar-refractivity contribution in [1.29, 1.82) is 0 Å². The van der Waals surface area contributed by atoms with Crippen LogP contribution in [0.5, 0.6) is 0 Å². The molecule has 9 heteroatoms. The van der Waals surface area contributed by atoms with Crippen molar-refractivity contribution in [3.8, 4) is 0 Å². The number of ether oxygens (including phenoxy) is 1. The van der Waals surface area contributed by atoms with Crippen molar-refractivity contribution in [1.82, 2.24) is 9.88 Å². The van der Waals surface area contributed by atoms with Crippen molar-refractivity contribution in [2.75, 3.05) is 25.0 Å². The number of carbonyl (C=O) groups excluding carboxylic acids is 1. The Morgan fingerprint density at radius 3 is 2.77 bits per heavy atom. The van der Waals surface area contributed by atoms with Crippen LogP contribution in [-0.4, -0.2) is 40.5 Å². The molecule has 0 radical (unpaired) electrons. The molecule has 3 heterocycles. The lowest BCUT2D eigenvalue weighted by atomic mass is 9.97. The van der Waals surface area contributed by atoms with Gasteiger partial charge in [-0.1, -0.05) is 30.3 Å². The highest BCUT2D eigenvalue weighted by Gasteiger charge is 2.25. The summed E-state index contributed by atoms with van der Waals surface area (Å²) in [4.78, 5) is 29.2. The molecule has 1 aliphatic rings. The van der Waals surface area contributed by atoms with Crippen LogP contribution >= 0.6 is 11.3 Å². The number of carbonyl (C=O) groups is 1. The number of hydrogen-bond acceptors (Lipinski definition) is 7. The maximum atomic E-state index is 12.3. The van der Waals surface area contributed by atoms with E-state index in [1.165, 1.54) is 17.5 Å². The monoisotopic (exact) mass is 426 g/mol. The molecule has 0 aliphatic carbocycles. The fourth-order valence-corrected chi connectivity index (χ4v) is 4.46. The summed E-state index contributed by atoms with van der Waals surface area (Å²) in [6, 6.07) is 11.5. The van der Waals surface area contributed by atoms with Gasteiger partial charge in [-0.05, 0) is 35.8 Å². The molecule has 0 bridgehead atoms. The minimum absolute atomic E-state index is 0.00752. The van der Waals surface area contributed by atoms with Crippen molar-refractivity contribution in [2.45, 2.75) is 19.4 Å². The van der Waals surface area contributed by atoms with Gasteiger partial charge < -0.3 is 15.0 Å². The summed E-state index contributed by atoms with van der Waals surface area (Å²) in [5.41, 5.74) is 2.24. The third-order valence-corrected chi connectivity index (χ3v) is 6.22. The summed E-state index contributed by atoms with van der Waals surface area (Å²) in [6.07, 6.45) is 2.65. The number of rotatable bonds is 6. The molecule has 1 aliphatic heterocycles. The Hall–Kier alpha value is -3.20. The van der Waals surface area contributed by atoms with Crippen molar-refractivity contribution in [3.05, 3.63) is 63.7 Å². The number of nitrogens with zero attached hydrogens (tertiary/aromatic N) is 3. The molecule has 1 amide bonds. The molecule has 2 aromatic heterocycles. The first-order chi connectivity index (χ1) is 14.6. The quantitative estimate of drug-likeness (QED) is 0.455. The molecule has 1 aromatic carbocycles. The van der Waals surface area contributed by atoms with Crippen molar-refractivity contribution < 1.29 is 14.5 Å². The number of anilines is 1. The van der Waals surface area contributed by atoms with Crippen LogP contribution in [0.25, 0.3) is 10.2 Å². The second kappa shape index (κ2) is 9.08. The molecule has 4 rings (SSSR count). The first-order valence-electron chi connectivity index (χ1n) is 9.82. The molecule has 1 fully saturated rings. The lowest BCUT2D eigenvalue weighted by Crippen LogP contribution is -2.40. The second-order valence-electron chi connectivity index (χ2n) is 7.26. The van der Waals surface area contributed by atoms with E-state index in [1.54, 1.807) is 4.90 Å². The van der Waals surface area contributed by atoms with Crippen molar-refractivity contribution in [3.63, 3.8) is 0 Å². The minimum Gasteiger partial charge on any atom is -0.445 e. The van der Waals surface area contributed by atoms with Gasteiger partial charge in [0.1, 0.15) is 18.5 Å². The Morgan fingerprint density at radius 1 is 1.27 bits per heavy atom. The summed E-state index contributed by atoms with van der Waals surface area (Å²) in [6.45, 7) is 2.12. The summed E-state index contributed by atoms with van der Waals surface area (Å²) in [5.74, 6) is 0.325. The van der Waals surface area contributed by atoms with Crippen molar-refractivity contribution in [2.24, 2.45) is 5.92 Å². The highest BCUT2D eigenvalue weighted by molar-refractivity contribution is 7.17. The van der Waals surface area contributed by atoms with Gasteiger partial charge in [0.25, 0.3) is 0 Å². The molecule has 8 nitrogen and oxygen atoms in total. The number of nitrogens with one attached hydrogen (secondary N) is 1. The van der Waals surface area contributed by atoms with Crippen LogP contribution in [-0.2, 0) is 11.3 Å². The highest BCUT2D eigenvalue weighted by Crippen LogP contribution is 2.35. The maximum Gasteiger partial charge on any atom is 0.410 e. The third kappa shape index (κ3) is 4.51. The third-order valence-electron chi connectivity index (χ3n) is 5.30. The predicted octanol–water partition coefficient (Wildman–Crippen LogP) is 4.67. The fourth-order valence-electron chi connectivity index (χ4n) is 3.59. The number of nitro groups is 1. The van der Waals surface area contributed by atoms with Gasteiger partial charge in [0, 0.05) is 19.6 Å². The van der Waals surface area contributed by atoms with E-state index in [2.05, 4.69) is 10.3 Å².